The summed E-state index contributed by atoms with van der Waals surface area (Å²) in [5.74, 6) is 0.870. The fourth-order valence-corrected chi connectivity index (χ4v) is 8.56. The van der Waals surface area contributed by atoms with Crippen molar-refractivity contribution in [2.45, 2.75) is 0 Å². The normalized spacial score (nSPS) is 11.4. The molecule has 0 N–H and O–H groups in total. The van der Waals surface area contributed by atoms with Crippen LogP contribution in [-0.2, 0) is 0 Å². The molecule has 272 valence electrons. The molecule has 0 unspecified atom stereocenters. The van der Waals surface area contributed by atoms with Crippen LogP contribution in [0.4, 0.5) is 17.1 Å². The van der Waals surface area contributed by atoms with Crippen LogP contribution in [0.5, 0.6) is 0 Å². The van der Waals surface area contributed by atoms with E-state index in [1.807, 2.05) is 18.2 Å². The molecule has 2 nitrogen and oxygen atoms in total. The smallest absolute Gasteiger partial charge is 0.135 e. The molecule has 1 heterocycles. The maximum atomic E-state index is 6.29. The third kappa shape index (κ3) is 6.00. The van der Waals surface area contributed by atoms with Crippen LogP contribution >= 0.6 is 0 Å². The van der Waals surface area contributed by atoms with Crippen molar-refractivity contribution in [1.82, 2.24) is 0 Å². The Morgan fingerprint density at radius 2 is 0.879 bits per heavy atom. The molecule has 10 aromatic carbocycles. The van der Waals surface area contributed by atoms with Gasteiger partial charge in [0.25, 0.3) is 0 Å². The molecule has 0 aliphatic rings. The largest absolute Gasteiger partial charge is 0.456 e. The van der Waals surface area contributed by atoms with Gasteiger partial charge in [0.05, 0.1) is 5.69 Å². The van der Waals surface area contributed by atoms with Crippen molar-refractivity contribution in [3.8, 4) is 44.7 Å². The number of hydrogen-bond acceptors (Lipinski definition) is 2. The average Bonchev–Trinajstić information content (AvgIpc) is 3.74. The molecule has 0 radical (unpaired) electrons. The molecule has 0 spiro atoms. The molecule has 0 saturated heterocycles. The van der Waals surface area contributed by atoms with Crippen LogP contribution in [0.1, 0.15) is 0 Å². The van der Waals surface area contributed by atoms with Gasteiger partial charge in [0, 0.05) is 27.7 Å². The fourth-order valence-electron chi connectivity index (χ4n) is 8.56. The Balaban J connectivity index is 1.03. The van der Waals surface area contributed by atoms with E-state index in [1.54, 1.807) is 0 Å². The highest BCUT2D eigenvalue weighted by atomic mass is 16.3. The highest BCUT2D eigenvalue weighted by Gasteiger charge is 2.19. The fraction of sp³-hybridized carbons (Fsp3) is 0. The van der Waals surface area contributed by atoms with E-state index in [1.165, 1.54) is 60.1 Å². The number of rotatable bonds is 7. The van der Waals surface area contributed by atoms with Crippen molar-refractivity contribution < 1.29 is 4.42 Å². The molecule has 0 bridgehead atoms. The maximum Gasteiger partial charge on any atom is 0.135 e. The minimum Gasteiger partial charge on any atom is -0.456 e. The lowest BCUT2D eigenvalue weighted by Gasteiger charge is -2.28. The van der Waals surface area contributed by atoms with Crippen LogP contribution in [0.15, 0.2) is 229 Å². The molecule has 11 rings (SSSR count). The minimum absolute atomic E-state index is 0.870. The zero-order chi connectivity index (χ0) is 38.4. The summed E-state index contributed by atoms with van der Waals surface area (Å²) < 4.78 is 6.29. The van der Waals surface area contributed by atoms with Gasteiger partial charge in [-0.1, -0.05) is 170 Å². The minimum atomic E-state index is 0.870. The van der Waals surface area contributed by atoms with Crippen LogP contribution in [0, 0.1) is 0 Å². The van der Waals surface area contributed by atoms with Crippen LogP contribution in [-0.4, -0.2) is 0 Å². The zero-order valence-corrected chi connectivity index (χ0v) is 31.7. The number of benzene rings is 10. The van der Waals surface area contributed by atoms with E-state index in [0.717, 1.165) is 44.9 Å². The third-order valence-electron chi connectivity index (χ3n) is 11.5. The topological polar surface area (TPSA) is 16.4 Å². The Hall–Kier alpha value is -7.68. The monoisotopic (exact) mass is 739 g/mol. The van der Waals surface area contributed by atoms with Crippen molar-refractivity contribution in [1.29, 1.82) is 0 Å². The number of anilines is 3. The summed E-state index contributed by atoms with van der Waals surface area (Å²) >= 11 is 0. The highest BCUT2D eigenvalue weighted by Crippen LogP contribution is 2.44. The highest BCUT2D eigenvalue weighted by molar-refractivity contribution is 6.07. The van der Waals surface area contributed by atoms with E-state index in [2.05, 4.69) is 211 Å². The summed E-state index contributed by atoms with van der Waals surface area (Å²) in [6, 6.07) is 80.8. The first kappa shape index (κ1) is 33.6. The molecule has 2 heteroatoms. The predicted octanol–water partition coefficient (Wildman–Crippen LogP) is 16.0. The lowest BCUT2D eigenvalue weighted by molar-refractivity contribution is 0.631. The molecule has 0 aliphatic heterocycles. The second-order valence-corrected chi connectivity index (χ2v) is 14.9. The average molecular weight is 740 g/mol. The van der Waals surface area contributed by atoms with Crippen LogP contribution in [0.2, 0.25) is 0 Å². The van der Waals surface area contributed by atoms with Crippen molar-refractivity contribution >= 4 is 60.3 Å². The number of fused-ring (bicyclic) bond motifs is 4. The van der Waals surface area contributed by atoms with E-state index < -0.39 is 0 Å². The molecule has 0 fully saturated rings. The van der Waals surface area contributed by atoms with Gasteiger partial charge >= 0.3 is 0 Å². The Morgan fingerprint density at radius 1 is 0.293 bits per heavy atom. The second kappa shape index (κ2) is 14.1. The first-order valence-electron chi connectivity index (χ1n) is 19.8. The van der Waals surface area contributed by atoms with Crippen molar-refractivity contribution in [3.05, 3.63) is 224 Å². The molecule has 11 aromatic rings. The van der Waals surface area contributed by atoms with Crippen molar-refractivity contribution in [3.63, 3.8) is 0 Å². The van der Waals surface area contributed by atoms with Gasteiger partial charge in [-0.05, 0) is 115 Å². The van der Waals surface area contributed by atoms with Gasteiger partial charge in [-0.3, -0.25) is 0 Å². The van der Waals surface area contributed by atoms with Crippen molar-refractivity contribution in [2.75, 3.05) is 4.90 Å². The number of hydrogen-bond donors (Lipinski definition) is 0. The summed E-state index contributed by atoms with van der Waals surface area (Å²) in [4.78, 5) is 2.40. The van der Waals surface area contributed by atoms with E-state index in [9.17, 15) is 0 Å². The zero-order valence-electron chi connectivity index (χ0n) is 31.7. The van der Waals surface area contributed by atoms with E-state index in [4.69, 9.17) is 4.42 Å². The molecular weight excluding hydrogens is 703 g/mol. The van der Waals surface area contributed by atoms with Crippen LogP contribution in [0.25, 0.3) is 88.0 Å². The Bertz CT molecular complexity index is 3240. The van der Waals surface area contributed by atoms with E-state index in [0.29, 0.717) is 0 Å². The first-order valence-corrected chi connectivity index (χ1v) is 19.8. The van der Waals surface area contributed by atoms with Gasteiger partial charge in [0.15, 0.2) is 0 Å². The van der Waals surface area contributed by atoms with Gasteiger partial charge in [-0.2, -0.15) is 0 Å². The Labute approximate surface area is 337 Å². The van der Waals surface area contributed by atoms with E-state index >= 15 is 0 Å². The van der Waals surface area contributed by atoms with Gasteiger partial charge in [-0.15, -0.1) is 0 Å². The molecule has 58 heavy (non-hydrogen) atoms. The van der Waals surface area contributed by atoms with Gasteiger partial charge in [-0.25, -0.2) is 0 Å². The van der Waals surface area contributed by atoms with Gasteiger partial charge in [0.1, 0.15) is 11.3 Å². The molecular formula is C56H37NO. The van der Waals surface area contributed by atoms with E-state index in [-0.39, 0.29) is 0 Å². The van der Waals surface area contributed by atoms with Crippen LogP contribution in [0.3, 0.4) is 0 Å². The van der Waals surface area contributed by atoms with Crippen LogP contribution < -0.4 is 4.90 Å². The Morgan fingerprint density at radius 3 is 1.67 bits per heavy atom. The molecule has 0 saturated carbocycles. The third-order valence-corrected chi connectivity index (χ3v) is 11.5. The van der Waals surface area contributed by atoms with Crippen molar-refractivity contribution in [2.24, 2.45) is 0 Å². The summed E-state index contributed by atoms with van der Waals surface area (Å²) in [6.45, 7) is 0. The second-order valence-electron chi connectivity index (χ2n) is 14.9. The number of nitrogens with zero attached hydrogens (tertiary/aromatic N) is 1. The maximum absolute atomic E-state index is 6.29. The Kier molecular flexibility index (Phi) is 8.19. The predicted molar refractivity (Wildman–Crippen MR) is 245 cm³/mol. The first-order chi connectivity index (χ1) is 28.7. The molecule has 0 atom stereocenters. The lowest BCUT2D eigenvalue weighted by Crippen LogP contribution is -2.10. The summed E-state index contributed by atoms with van der Waals surface area (Å²) in [5.41, 5.74) is 12.4. The summed E-state index contributed by atoms with van der Waals surface area (Å²) in [6.07, 6.45) is 0. The standard InChI is InChI=1S/C56H37NO/c1-2-13-42-35-43(24-23-38(42)11-1)39-25-29-47(30-26-39)57(48-31-27-41(28-32-48)50-21-10-15-40-12-3-5-18-49(40)50)54-34-33-51(52-19-6-7-20-53(52)54)44-16-9-17-45(36-44)56-37-46-14-4-8-22-55(46)58-56/h1-37H. The summed E-state index contributed by atoms with van der Waals surface area (Å²) in [7, 11) is 0. The SMILES string of the molecule is c1cc(-c2cc3ccccc3o2)cc(-c2ccc(N(c3ccc(-c4ccc5ccccc5c4)cc3)c3ccc(-c4cccc5ccccc45)cc3)c3ccccc23)c1. The number of furan rings is 1. The molecule has 0 aliphatic carbocycles. The number of para-hydroxylation sites is 1. The van der Waals surface area contributed by atoms with Gasteiger partial charge < -0.3 is 9.32 Å². The molecule has 0 amide bonds. The quantitative estimate of drug-likeness (QED) is 0.162. The molecule has 1 aromatic heterocycles. The lowest BCUT2D eigenvalue weighted by atomic mass is 9.94. The summed E-state index contributed by atoms with van der Waals surface area (Å²) in [5, 5.41) is 8.45. The van der Waals surface area contributed by atoms with Gasteiger partial charge in [0.2, 0.25) is 0 Å².